The number of benzene rings is 2. The average molecular weight is 1110 g/mol. The molecule has 0 saturated carbocycles. The summed E-state index contributed by atoms with van der Waals surface area (Å²) >= 11 is 0. The molecule has 19 N–H and O–H groups in total. The SMILES string of the molecule is CC(=O)N[C@@H](CCCNC(=N)N)C(=O)N[C@H]1CCC(=O)NCCCC(C(N)=O)NC(=O)[C@H](Cc2c[nH]c3ccccc23)NC(=O)[C@H](CCCNC(=N)N)NC(=O)[C@@H](Cc2ccc(F)cc2)NC(=O)[C@H](CCS(C)(=O)=O)NC1=O. The largest absolute Gasteiger partial charge is 0.370 e. The van der Waals surface area contributed by atoms with Crippen molar-refractivity contribution in [3.8, 4) is 0 Å². The average Bonchev–Trinajstić information content (AvgIpc) is 3.79. The van der Waals surface area contributed by atoms with Crippen LogP contribution in [0, 0.1) is 16.6 Å². The minimum atomic E-state index is -3.85. The van der Waals surface area contributed by atoms with Gasteiger partial charge in [0, 0.05) is 69.2 Å². The molecular weight excluding hydrogens is 1040 g/mol. The van der Waals surface area contributed by atoms with E-state index in [4.69, 9.17) is 28.0 Å². The van der Waals surface area contributed by atoms with E-state index in [-0.39, 0.29) is 82.9 Å². The molecule has 7 atom stereocenters. The third kappa shape index (κ3) is 21.7. The van der Waals surface area contributed by atoms with Gasteiger partial charge in [0.25, 0.3) is 0 Å². The lowest BCUT2D eigenvalue weighted by Gasteiger charge is -2.28. The molecule has 9 amide bonds. The normalized spacial score (nSPS) is 21.0. The third-order valence-corrected chi connectivity index (χ3v) is 13.3. The number of sulfone groups is 1. The summed E-state index contributed by atoms with van der Waals surface area (Å²) < 4.78 is 39.3. The number of amides is 9. The summed E-state index contributed by atoms with van der Waals surface area (Å²) in [6.07, 6.45) is 0.620. The van der Waals surface area contributed by atoms with Crippen LogP contribution in [0.4, 0.5) is 4.39 Å². The number of hydrogen-bond acceptors (Lipinski definition) is 13. The summed E-state index contributed by atoms with van der Waals surface area (Å²) in [5.74, 6) is -10.1. The highest BCUT2D eigenvalue weighted by Gasteiger charge is 2.35. The number of carbonyl (C=O) groups is 9. The number of hydrogen-bond donors (Lipinski definition) is 16. The molecule has 1 aliphatic rings. The molecule has 1 unspecified atom stereocenters. The highest BCUT2D eigenvalue weighted by atomic mass is 32.2. The summed E-state index contributed by atoms with van der Waals surface area (Å²) in [6, 6.07) is 1.44. The van der Waals surface area contributed by atoms with Crippen molar-refractivity contribution < 1.29 is 56.0 Å². The van der Waals surface area contributed by atoms with E-state index < -0.39 is 136 Å². The molecule has 1 saturated heterocycles. The Kier molecular flexibility index (Phi) is 24.2. The molecule has 2 heterocycles. The quantitative estimate of drug-likeness (QED) is 0.0317. The maximum atomic E-state index is 14.6. The molecule has 0 aliphatic carbocycles. The fourth-order valence-electron chi connectivity index (χ4n) is 8.32. The number of nitrogens with two attached hydrogens (primary N) is 3. The van der Waals surface area contributed by atoms with Crippen molar-refractivity contribution in [3.63, 3.8) is 0 Å². The van der Waals surface area contributed by atoms with Crippen LogP contribution in [0.5, 0.6) is 0 Å². The first kappa shape index (κ1) is 62.2. The molecule has 0 spiro atoms. The van der Waals surface area contributed by atoms with Crippen molar-refractivity contribution in [2.75, 3.05) is 31.6 Å². The standard InChI is InChI=1S/C49H71FN16O11S/c1-27(67)60-34(11-6-21-57-48(52)53)42(70)63-36-17-18-40(68)56-20-5-10-33(41(51)69)61-47(75)39(25-29-26-59-32-9-4-3-8-31(29)32)66-43(71)35(12-7-22-58-49(54)55)62-46(74)38(24-28-13-15-30(50)16-14-28)65-45(73)37(64-44(36)72)19-23-78(2,76)77/h3-4,8-9,13-16,26,33-39,59H,5-7,10-12,17-25H2,1-2H3,(H2,51,69)(H,56,68)(H,60,67)(H,61,75)(H,62,74)(H,63,70)(H,64,72)(H,65,73)(H,66,71)(H4,52,53,57)(H4,54,55,58)/t33?,34-,35-,36-,37-,38+,39-/m0/s1. The van der Waals surface area contributed by atoms with Crippen LogP contribution in [0.15, 0.2) is 54.7 Å². The van der Waals surface area contributed by atoms with Crippen molar-refractivity contribution in [1.29, 1.82) is 10.8 Å². The predicted molar refractivity (Wildman–Crippen MR) is 285 cm³/mol. The molecule has 4 rings (SSSR count). The fourth-order valence-corrected chi connectivity index (χ4v) is 8.99. The van der Waals surface area contributed by atoms with Gasteiger partial charge in [-0.2, -0.15) is 0 Å². The molecule has 78 heavy (non-hydrogen) atoms. The number of nitrogens with one attached hydrogen (secondary N) is 13. The molecule has 426 valence electrons. The van der Waals surface area contributed by atoms with Gasteiger partial charge in [-0.05, 0) is 80.7 Å². The number of fused-ring (bicyclic) bond motifs is 1. The van der Waals surface area contributed by atoms with E-state index in [1.807, 2.05) is 0 Å². The Balaban J connectivity index is 1.81. The van der Waals surface area contributed by atoms with Gasteiger partial charge < -0.3 is 75.4 Å². The van der Waals surface area contributed by atoms with Crippen LogP contribution >= 0.6 is 0 Å². The van der Waals surface area contributed by atoms with Gasteiger partial charge in [-0.3, -0.25) is 54.0 Å². The number of H-pyrrole nitrogens is 1. The third-order valence-electron chi connectivity index (χ3n) is 12.4. The van der Waals surface area contributed by atoms with Crippen molar-refractivity contribution >= 4 is 85.8 Å². The molecule has 2 aromatic carbocycles. The molecule has 0 radical (unpaired) electrons. The van der Waals surface area contributed by atoms with Crippen LogP contribution in [0.1, 0.15) is 75.8 Å². The molecule has 0 bridgehead atoms. The van der Waals surface area contributed by atoms with Gasteiger partial charge >= 0.3 is 0 Å². The topological polar surface area (TPSA) is 450 Å². The lowest BCUT2D eigenvalue weighted by atomic mass is 10.0. The number of rotatable bonds is 19. The van der Waals surface area contributed by atoms with Crippen LogP contribution in [0.25, 0.3) is 10.9 Å². The van der Waals surface area contributed by atoms with Gasteiger partial charge in [0.05, 0.1) is 5.75 Å². The zero-order chi connectivity index (χ0) is 57.5. The number of aromatic nitrogens is 1. The van der Waals surface area contributed by atoms with Crippen LogP contribution in [-0.4, -0.2) is 152 Å². The molecule has 27 nitrogen and oxygen atoms in total. The second kappa shape index (κ2) is 30.4. The first-order valence-electron chi connectivity index (χ1n) is 25.2. The Hall–Kier alpha value is -8.37. The van der Waals surface area contributed by atoms with Crippen LogP contribution in [0.2, 0.25) is 0 Å². The van der Waals surface area contributed by atoms with Gasteiger partial charge in [-0.1, -0.05) is 30.3 Å². The molecule has 1 aliphatic heterocycles. The Bertz CT molecular complexity index is 2760. The number of primary amides is 1. The summed E-state index contributed by atoms with van der Waals surface area (Å²) in [5, 5.41) is 41.4. The van der Waals surface area contributed by atoms with Crippen molar-refractivity contribution in [2.24, 2.45) is 17.2 Å². The van der Waals surface area contributed by atoms with Gasteiger partial charge in [0.1, 0.15) is 57.9 Å². The smallest absolute Gasteiger partial charge is 0.243 e. The van der Waals surface area contributed by atoms with Gasteiger partial charge in [-0.25, -0.2) is 12.8 Å². The van der Waals surface area contributed by atoms with Crippen molar-refractivity contribution in [3.05, 3.63) is 71.7 Å². The molecular formula is C49H71FN16O11S. The molecule has 1 aromatic heterocycles. The first-order chi connectivity index (χ1) is 36.9. The molecule has 29 heteroatoms. The predicted octanol–water partition coefficient (Wildman–Crippen LogP) is -3.36. The minimum Gasteiger partial charge on any atom is -0.370 e. The number of carbonyl (C=O) groups excluding carboxylic acids is 9. The second-order valence-corrected chi connectivity index (χ2v) is 21.1. The van der Waals surface area contributed by atoms with Gasteiger partial charge in [-0.15, -0.1) is 0 Å². The summed E-state index contributed by atoms with van der Waals surface area (Å²) in [5.41, 5.74) is 18.2. The summed E-state index contributed by atoms with van der Waals surface area (Å²) in [7, 11) is -3.85. The zero-order valence-corrected chi connectivity index (χ0v) is 44.2. The Morgan fingerprint density at radius 1 is 0.744 bits per heavy atom. The Labute approximate surface area is 449 Å². The number of halogens is 1. The Morgan fingerprint density at radius 2 is 1.32 bits per heavy atom. The minimum absolute atomic E-state index is 0.0211. The maximum absolute atomic E-state index is 14.6. The van der Waals surface area contributed by atoms with Crippen LogP contribution < -0.4 is 70.4 Å². The first-order valence-corrected chi connectivity index (χ1v) is 27.2. The fraction of sp³-hybridized carbons (Fsp3) is 0.490. The van der Waals surface area contributed by atoms with E-state index >= 15 is 0 Å². The highest BCUT2D eigenvalue weighted by molar-refractivity contribution is 7.90. The number of para-hydroxylation sites is 1. The van der Waals surface area contributed by atoms with Crippen molar-refractivity contribution in [1.82, 2.24) is 58.2 Å². The van der Waals surface area contributed by atoms with E-state index in [2.05, 4.69) is 58.2 Å². The Morgan fingerprint density at radius 3 is 1.95 bits per heavy atom. The van der Waals surface area contributed by atoms with E-state index in [1.54, 1.807) is 30.5 Å². The van der Waals surface area contributed by atoms with E-state index in [0.717, 1.165) is 25.3 Å². The summed E-state index contributed by atoms with van der Waals surface area (Å²) in [4.78, 5) is 128. The number of guanidine groups is 2. The molecule has 1 fully saturated rings. The van der Waals surface area contributed by atoms with Crippen LogP contribution in [0.3, 0.4) is 0 Å². The van der Waals surface area contributed by atoms with E-state index in [0.29, 0.717) is 22.0 Å². The van der Waals surface area contributed by atoms with Gasteiger partial charge in [0.15, 0.2) is 11.9 Å². The highest BCUT2D eigenvalue weighted by Crippen LogP contribution is 2.20. The van der Waals surface area contributed by atoms with E-state index in [1.165, 1.54) is 12.1 Å². The van der Waals surface area contributed by atoms with Crippen LogP contribution in [-0.2, 0) is 65.8 Å². The zero-order valence-electron chi connectivity index (χ0n) is 43.4. The molecule has 3 aromatic rings. The second-order valence-electron chi connectivity index (χ2n) is 18.8. The number of aromatic amines is 1. The summed E-state index contributed by atoms with van der Waals surface area (Å²) in [6.45, 7) is 1.24. The van der Waals surface area contributed by atoms with E-state index in [9.17, 15) is 56.0 Å². The lowest BCUT2D eigenvalue weighted by Crippen LogP contribution is -2.60. The van der Waals surface area contributed by atoms with Gasteiger partial charge in [0.2, 0.25) is 53.2 Å². The van der Waals surface area contributed by atoms with Crippen molar-refractivity contribution in [2.45, 2.75) is 120 Å². The monoisotopic (exact) mass is 1110 g/mol. The lowest BCUT2D eigenvalue weighted by molar-refractivity contribution is -0.136. The maximum Gasteiger partial charge on any atom is 0.243 e.